The third-order valence-electron chi connectivity index (χ3n) is 3.81. The molecule has 136 valence electrons. The number of aliphatic hydroxyl groups is 1. The van der Waals surface area contributed by atoms with Gasteiger partial charge in [-0.2, -0.15) is 0 Å². The second-order valence-corrected chi connectivity index (χ2v) is 7.59. The number of alkyl halides is 2. The molecule has 0 aliphatic heterocycles. The Kier molecular flexibility index (Phi) is 4.79. The van der Waals surface area contributed by atoms with Crippen LogP contribution in [0.1, 0.15) is 11.7 Å². The van der Waals surface area contributed by atoms with Crippen LogP contribution in [-0.4, -0.2) is 46.8 Å². The van der Waals surface area contributed by atoms with Crippen LogP contribution in [0.25, 0.3) is 22.5 Å². The number of tetrazole rings is 1. The highest BCUT2D eigenvalue weighted by Crippen LogP contribution is 2.35. The summed E-state index contributed by atoms with van der Waals surface area (Å²) in [6, 6.07) is 10.5. The Labute approximate surface area is 147 Å². The summed E-state index contributed by atoms with van der Waals surface area (Å²) in [6.45, 7) is 0. The van der Waals surface area contributed by atoms with Crippen LogP contribution in [0.15, 0.2) is 47.4 Å². The van der Waals surface area contributed by atoms with E-state index in [1.165, 1.54) is 30.3 Å². The molecule has 0 fully saturated rings. The van der Waals surface area contributed by atoms with Crippen LogP contribution >= 0.6 is 0 Å². The van der Waals surface area contributed by atoms with E-state index in [2.05, 4.69) is 20.6 Å². The summed E-state index contributed by atoms with van der Waals surface area (Å²) in [4.78, 5) is 0.0326. The average Bonchev–Trinajstić information content (AvgIpc) is 3.14. The molecule has 0 radical (unpaired) electrons. The van der Waals surface area contributed by atoms with E-state index in [0.29, 0.717) is 11.1 Å². The molecule has 1 aromatic heterocycles. The smallest absolute Gasteiger partial charge is 0.268 e. The van der Waals surface area contributed by atoms with Crippen molar-refractivity contribution in [2.24, 2.45) is 0 Å². The summed E-state index contributed by atoms with van der Waals surface area (Å²) < 4.78 is 49.6. The Balaban J connectivity index is 2.17. The van der Waals surface area contributed by atoms with Gasteiger partial charge >= 0.3 is 0 Å². The molecule has 0 spiro atoms. The zero-order valence-electron chi connectivity index (χ0n) is 13.5. The van der Waals surface area contributed by atoms with E-state index in [4.69, 9.17) is 0 Å². The monoisotopic (exact) mass is 380 g/mol. The van der Waals surface area contributed by atoms with Crippen LogP contribution in [0, 0.1) is 0 Å². The van der Waals surface area contributed by atoms with E-state index in [9.17, 15) is 22.3 Å². The normalized spacial score (nSPS) is 13.1. The van der Waals surface area contributed by atoms with Crippen molar-refractivity contribution >= 4 is 9.84 Å². The van der Waals surface area contributed by atoms with Crippen molar-refractivity contribution in [2.45, 2.75) is 17.4 Å². The van der Waals surface area contributed by atoms with Gasteiger partial charge in [-0.1, -0.05) is 36.4 Å². The number of nitrogens with zero attached hydrogens (tertiary/aromatic N) is 3. The number of nitrogens with one attached hydrogen (secondary N) is 1. The van der Waals surface area contributed by atoms with Gasteiger partial charge in [0.25, 0.3) is 6.43 Å². The fourth-order valence-corrected chi connectivity index (χ4v) is 3.50. The Morgan fingerprint density at radius 1 is 1.12 bits per heavy atom. The van der Waals surface area contributed by atoms with Crippen molar-refractivity contribution in [3.05, 3.63) is 48.0 Å². The van der Waals surface area contributed by atoms with E-state index in [1.807, 2.05) is 0 Å². The van der Waals surface area contributed by atoms with E-state index >= 15 is 0 Å². The van der Waals surface area contributed by atoms with Gasteiger partial charge in [-0.25, -0.2) is 22.3 Å². The molecule has 0 aliphatic carbocycles. The second-order valence-electron chi connectivity index (χ2n) is 5.60. The van der Waals surface area contributed by atoms with Crippen molar-refractivity contribution in [3.8, 4) is 22.5 Å². The maximum absolute atomic E-state index is 12.6. The molecule has 7 nitrogen and oxygen atoms in total. The van der Waals surface area contributed by atoms with Gasteiger partial charge in [0.15, 0.2) is 15.7 Å². The highest BCUT2D eigenvalue weighted by molar-refractivity contribution is 7.90. The average molecular weight is 380 g/mol. The number of aliphatic hydroxyl groups excluding tert-OH is 1. The lowest BCUT2D eigenvalue weighted by atomic mass is 9.97. The van der Waals surface area contributed by atoms with Crippen LogP contribution < -0.4 is 0 Å². The van der Waals surface area contributed by atoms with Crippen molar-refractivity contribution in [1.29, 1.82) is 0 Å². The summed E-state index contributed by atoms with van der Waals surface area (Å²) in [6.07, 6.45) is -3.71. The minimum Gasteiger partial charge on any atom is -0.382 e. The van der Waals surface area contributed by atoms with E-state index in [0.717, 1.165) is 6.26 Å². The first-order chi connectivity index (χ1) is 12.3. The number of H-pyrrole nitrogens is 1. The van der Waals surface area contributed by atoms with Crippen molar-refractivity contribution in [3.63, 3.8) is 0 Å². The molecule has 26 heavy (non-hydrogen) atoms. The highest BCUT2D eigenvalue weighted by Gasteiger charge is 2.22. The topological polar surface area (TPSA) is 109 Å². The van der Waals surface area contributed by atoms with Gasteiger partial charge < -0.3 is 5.11 Å². The summed E-state index contributed by atoms with van der Waals surface area (Å²) in [5.41, 5.74) is 1.41. The zero-order chi connectivity index (χ0) is 18.9. The Morgan fingerprint density at radius 2 is 1.81 bits per heavy atom. The number of aromatic nitrogens is 4. The maximum atomic E-state index is 12.6. The lowest BCUT2D eigenvalue weighted by Crippen LogP contribution is -2.07. The first-order valence-corrected chi connectivity index (χ1v) is 9.32. The second kappa shape index (κ2) is 6.89. The van der Waals surface area contributed by atoms with Gasteiger partial charge in [0.05, 0.1) is 4.90 Å². The molecule has 3 rings (SSSR count). The number of rotatable bonds is 5. The number of halogens is 2. The molecule has 0 saturated carbocycles. The zero-order valence-corrected chi connectivity index (χ0v) is 14.3. The Morgan fingerprint density at radius 3 is 2.35 bits per heavy atom. The van der Waals surface area contributed by atoms with Crippen LogP contribution in [0.4, 0.5) is 8.78 Å². The number of aromatic amines is 1. The van der Waals surface area contributed by atoms with Crippen molar-refractivity contribution in [1.82, 2.24) is 20.6 Å². The molecule has 0 aliphatic rings. The Bertz CT molecular complexity index is 1010. The van der Waals surface area contributed by atoms with E-state index in [-0.39, 0.29) is 21.8 Å². The van der Waals surface area contributed by atoms with Gasteiger partial charge in [-0.15, -0.1) is 5.10 Å². The molecular formula is C16H14F2N4O3S. The molecule has 0 bridgehead atoms. The van der Waals surface area contributed by atoms with E-state index in [1.54, 1.807) is 12.1 Å². The molecular weight excluding hydrogens is 366 g/mol. The number of hydrogen-bond donors (Lipinski definition) is 2. The van der Waals surface area contributed by atoms with E-state index < -0.39 is 22.4 Å². The quantitative estimate of drug-likeness (QED) is 0.703. The molecule has 10 heteroatoms. The molecule has 1 heterocycles. The minimum atomic E-state index is -3.58. The molecule has 3 aromatic rings. The van der Waals surface area contributed by atoms with Crippen molar-refractivity contribution < 1.29 is 22.3 Å². The summed E-state index contributed by atoms with van der Waals surface area (Å²) in [5, 5.41) is 22.8. The van der Waals surface area contributed by atoms with Gasteiger partial charge in [0.1, 0.15) is 6.10 Å². The predicted octanol–water partition coefficient (Wildman–Crippen LogP) is 2.24. The number of sulfone groups is 1. The molecule has 1 atom stereocenters. The summed E-state index contributed by atoms with van der Waals surface area (Å²) in [5.74, 6) is 0.165. The third kappa shape index (κ3) is 3.46. The fourth-order valence-electron chi connectivity index (χ4n) is 2.60. The molecule has 1 unspecified atom stereocenters. The van der Waals surface area contributed by atoms with Gasteiger partial charge in [0, 0.05) is 11.8 Å². The standard InChI is InChI=1S/C16H14F2N4O3S/c1-26(24,25)12-4-2-3-11(13(12)16-19-21-22-20-16)9-5-7-10(8-6-9)14(23)15(17)18/h2-8,14-15,23H,1H3,(H,19,20,21,22). The third-order valence-corrected chi connectivity index (χ3v) is 4.95. The Hall–Kier alpha value is -2.72. The SMILES string of the molecule is CS(=O)(=O)c1cccc(-c2ccc(C(O)C(F)F)cc2)c1-c1nnn[nH]1. The molecule has 0 saturated heterocycles. The summed E-state index contributed by atoms with van der Waals surface area (Å²) >= 11 is 0. The largest absolute Gasteiger partial charge is 0.382 e. The molecule has 2 aromatic carbocycles. The minimum absolute atomic E-state index is 0.0326. The first kappa shape index (κ1) is 18.1. The number of hydrogen-bond acceptors (Lipinski definition) is 6. The molecule has 2 N–H and O–H groups in total. The first-order valence-electron chi connectivity index (χ1n) is 7.42. The van der Waals surface area contributed by atoms with Gasteiger partial charge in [-0.05, 0) is 33.2 Å². The maximum Gasteiger partial charge on any atom is 0.268 e. The lowest BCUT2D eigenvalue weighted by molar-refractivity contribution is -0.00577. The van der Waals surface area contributed by atoms with Crippen LogP contribution in [-0.2, 0) is 9.84 Å². The lowest BCUT2D eigenvalue weighted by Gasteiger charge is -2.13. The van der Waals surface area contributed by atoms with Crippen LogP contribution in [0.2, 0.25) is 0 Å². The highest BCUT2D eigenvalue weighted by atomic mass is 32.2. The number of benzene rings is 2. The van der Waals surface area contributed by atoms with Crippen LogP contribution in [0.3, 0.4) is 0 Å². The fraction of sp³-hybridized carbons (Fsp3) is 0.188. The van der Waals surface area contributed by atoms with Crippen molar-refractivity contribution in [2.75, 3.05) is 6.26 Å². The molecule has 0 amide bonds. The van der Waals surface area contributed by atoms with Crippen LogP contribution in [0.5, 0.6) is 0 Å². The van der Waals surface area contributed by atoms with Gasteiger partial charge in [-0.3, -0.25) is 0 Å². The predicted molar refractivity (Wildman–Crippen MR) is 89.1 cm³/mol. The van der Waals surface area contributed by atoms with Gasteiger partial charge in [0.2, 0.25) is 0 Å². The summed E-state index contributed by atoms with van der Waals surface area (Å²) in [7, 11) is -3.58.